The lowest BCUT2D eigenvalue weighted by atomic mass is 10.2. The summed E-state index contributed by atoms with van der Waals surface area (Å²) in [7, 11) is 5.24. The van der Waals surface area contributed by atoms with Crippen LogP contribution in [0.5, 0.6) is 11.5 Å². The smallest absolute Gasteiger partial charge is 0.274 e. The van der Waals surface area contributed by atoms with Gasteiger partial charge in [-0.15, -0.1) is 0 Å². The minimum absolute atomic E-state index is 0.274. The fraction of sp³-hybridized carbons (Fsp3) is 0.368. The van der Waals surface area contributed by atoms with E-state index in [9.17, 15) is 4.79 Å². The second kappa shape index (κ2) is 8.05. The SMILES string of the molecule is COc1ccc(NC(=O)c2cccc(N3CCN(C)CC3)n2)c(OC)c1. The zero-order valence-electron chi connectivity index (χ0n) is 15.4. The Morgan fingerprint density at radius 2 is 1.85 bits per heavy atom. The molecule has 0 atom stereocenters. The molecule has 0 radical (unpaired) electrons. The molecule has 3 rings (SSSR count). The lowest BCUT2D eigenvalue weighted by Gasteiger charge is -2.33. The number of hydrogen-bond donors (Lipinski definition) is 1. The highest BCUT2D eigenvalue weighted by molar-refractivity contribution is 6.04. The lowest BCUT2D eigenvalue weighted by Crippen LogP contribution is -2.44. The van der Waals surface area contributed by atoms with Crippen molar-refractivity contribution in [1.29, 1.82) is 0 Å². The number of likely N-dealkylation sites (N-methyl/N-ethyl adjacent to an activating group) is 1. The summed E-state index contributed by atoms with van der Waals surface area (Å²) in [5, 5.41) is 2.86. The number of piperazine rings is 1. The number of ether oxygens (including phenoxy) is 2. The Balaban J connectivity index is 1.75. The van der Waals surface area contributed by atoms with E-state index in [2.05, 4.69) is 27.1 Å². The third-order valence-electron chi connectivity index (χ3n) is 4.45. The van der Waals surface area contributed by atoms with Gasteiger partial charge in [0.1, 0.15) is 23.0 Å². The third kappa shape index (κ3) is 4.05. The van der Waals surface area contributed by atoms with Crippen LogP contribution in [0.4, 0.5) is 11.5 Å². The number of pyridine rings is 1. The van der Waals surface area contributed by atoms with Gasteiger partial charge in [0.05, 0.1) is 19.9 Å². The highest BCUT2D eigenvalue weighted by Gasteiger charge is 2.17. The van der Waals surface area contributed by atoms with E-state index in [0.717, 1.165) is 32.0 Å². The highest BCUT2D eigenvalue weighted by atomic mass is 16.5. The fourth-order valence-electron chi connectivity index (χ4n) is 2.85. The lowest BCUT2D eigenvalue weighted by molar-refractivity contribution is 0.102. The van der Waals surface area contributed by atoms with Crippen LogP contribution >= 0.6 is 0 Å². The van der Waals surface area contributed by atoms with Crippen LogP contribution < -0.4 is 19.7 Å². The maximum Gasteiger partial charge on any atom is 0.274 e. The molecular weight excluding hydrogens is 332 g/mol. The average Bonchev–Trinajstić information content (AvgIpc) is 2.69. The highest BCUT2D eigenvalue weighted by Crippen LogP contribution is 2.29. The molecule has 0 aliphatic carbocycles. The van der Waals surface area contributed by atoms with Gasteiger partial charge >= 0.3 is 0 Å². The van der Waals surface area contributed by atoms with Crippen molar-refractivity contribution >= 4 is 17.4 Å². The molecule has 0 spiro atoms. The minimum atomic E-state index is -0.274. The van der Waals surface area contributed by atoms with E-state index in [0.29, 0.717) is 22.9 Å². The van der Waals surface area contributed by atoms with Gasteiger partial charge in [0.15, 0.2) is 0 Å². The topological polar surface area (TPSA) is 66.9 Å². The van der Waals surface area contributed by atoms with E-state index < -0.39 is 0 Å². The van der Waals surface area contributed by atoms with Gasteiger partial charge < -0.3 is 24.6 Å². The molecule has 1 fully saturated rings. The molecule has 0 saturated carbocycles. The van der Waals surface area contributed by atoms with Crippen molar-refractivity contribution in [3.63, 3.8) is 0 Å². The van der Waals surface area contributed by atoms with E-state index in [1.807, 2.05) is 12.1 Å². The first-order valence-electron chi connectivity index (χ1n) is 8.54. The molecule has 1 aromatic heterocycles. The molecule has 2 aromatic rings. The number of rotatable bonds is 5. The number of benzene rings is 1. The number of amides is 1. The van der Waals surface area contributed by atoms with E-state index in [1.165, 1.54) is 0 Å². The van der Waals surface area contributed by atoms with Gasteiger partial charge in [-0.2, -0.15) is 0 Å². The standard InChI is InChI=1S/C19H24N4O3/c1-22-9-11-23(12-10-22)18-6-4-5-16(20-18)19(24)21-15-8-7-14(25-2)13-17(15)26-3/h4-8,13H,9-12H2,1-3H3,(H,21,24). The largest absolute Gasteiger partial charge is 0.497 e. The predicted molar refractivity (Wildman–Crippen MR) is 101 cm³/mol. The average molecular weight is 356 g/mol. The molecule has 26 heavy (non-hydrogen) atoms. The Morgan fingerprint density at radius 3 is 2.54 bits per heavy atom. The second-order valence-electron chi connectivity index (χ2n) is 6.19. The van der Waals surface area contributed by atoms with E-state index >= 15 is 0 Å². The summed E-state index contributed by atoms with van der Waals surface area (Å²) in [4.78, 5) is 21.7. The summed E-state index contributed by atoms with van der Waals surface area (Å²) in [6.45, 7) is 3.78. The molecule has 138 valence electrons. The van der Waals surface area contributed by atoms with Gasteiger partial charge in [-0.3, -0.25) is 4.79 Å². The predicted octanol–water partition coefficient (Wildman–Crippen LogP) is 2.10. The van der Waals surface area contributed by atoms with Crippen molar-refractivity contribution in [3.05, 3.63) is 42.1 Å². The van der Waals surface area contributed by atoms with Gasteiger partial charge in [0.2, 0.25) is 0 Å². The number of aromatic nitrogens is 1. The maximum absolute atomic E-state index is 12.6. The Bertz CT molecular complexity index is 773. The van der Waals surface area contributed by atoms with Crippen molar-refractivity contribution in [3.8, 4) is 11.5 Å². The summed E-state index contributed by atoms with van der Waals surface area (Å²) in [5.74, 6) is 1.75. The van der Waals surface area contributed by atoms with E-state index in [4.69, 9.17) is 9.47 Å². The first-order valence-corrected chi connectivity index (χ1v) is 8.54. The molecule has 1 saturated heterocycles. The Hall–Kier alpha value is -2.80. The van der Waals surface area contributed by atoms with Crippen molar-refractivity contribution in [2.75, 3.05) is 57.7 Å². The Morgan fingerprint density at radius 1 is 1.08 bits per heavy atom. The number of anilines is 2. The van der Waals surface area contributed by atoms with Gasteiger partial charge in [0.25, 0.3) is 5.91 Å². The molecule has 0 unspecified atom stereocenters. The summed E-state index contributed by atoms with van der Waals surface area (Å²) in [5.41, 5.74) is 0.949. The first kappa shape index (κ1) is 18.0. The first-order chi connectivity index (χ1) is 12.6. The monoisotopic (exact) mass is 356 g/mol. The zero-order valence-corrected chi connectivity index (χ0v) is 15.4. The fourth-order valence-corrected chi connectivity index (χ4v) is 2.85. The quantitative estimate of drug-likeness (QED) is 0.885. The minimum Gasteiger partial charge on any atom is -0.497 e. The maximum atomic E-state index is 12.6. The molecule has 7 heteroatoms. The molecular formula is C19H24N4O3. The molecule has 1 aromatic carbocycles. The van der Waals surface area contributed by atoms with Gasteiger partial charge in [-0.05, 0) is 31.3 Å². The number of carbonyl (C=O) groups excluding carboxylic acids is 1. The van der Waals surface area contributed by atoms with Crippen molar-refractivity contribution in [2.24, 2.45) is 0 Å². The number of nitrogens with one attached hydrogen (secondary N) is 1. The van der Waals surface area contributed by atoms with Crippen LogP contribution in [0.1, 0.15) is 10.5 Å². The molecule has 1 aliphatic heterocycles. The van der Waals surface area contributed by atoms with Gasteiger partial charge in [-0.25, -0.2) is 4.98 Å². The molecule has 1 amide bonds. The van der Waals surface area contributed by atoms with Crippen molar-refractivity contribution in [1.82, 2.24) is 9.88 Å². The normalized spacial score (nSPS) is 14.8. The van der Waals surface area contributed by atoms with Crippen LogP contribution in [0.15, 0.2) is 36.4 Å². The van der Waals surface area contributed by atoms with Crippen molar-refractivity contribution in [2.45, 2.75) is 0 Å². The van der Waals surface area contributed by atoms with Gasteiger partial charge in [-0.1, -0.05) is 6.07 Å². The van der Waals surface area contributed by atoms with Crippen molar-refractivity contribution < 1.29 is 14.3 Å². The molecule has 7 nitrogen and oxygen atoms in total. The number of nitrogens with zero attached hydrogens (tertiary/aromatic N) is 3. The van der Waals surface area contributed by atoms with E-state index in [-0.39, 0.29) is 5.91 Å². The van der Waals surface area contributed by atoms with Crippen LogP contribution in [0.25, 0.3) is 0 Å². The molecule has 1 aliphatic rings. The van der Waals surface area contributed by atoms with Crippen LogP contribution in [0, 0.1) is 0 Å². The number of methoxy groups -OCH3 is 2. The zero-order chi connectivity index (χ0) is 18.5. The number of hydrogen-bond acceptors (Lipinski definition) is 6. The van der Waals surface area contributed by atoms with E-state index in [1.54, 1.807) is 38.5 Å². The van der Waals surface area contributed by atoms with Crippen LogP contribution in [0.3, 0.4) is 0 Å². The van der Waals surface area contributed by atoms with Crippen LogP contribution in [0.2, 0.25) is 0 Å². The second-order valence-corrected chi connectivity index (χ2v) is 6.19. The van der Waals surface area contributed by atoms with Crippen LogP contribution in [-0.2, 0) is 0 Å². The molecule has 2 heterocycles. The third-order valence-corrected chi connectivity index (χ3v) is 4.45. The molecule has 0 bridgehead atoms. The number of carbonyl (C=O) groups is 1. The summed E-state index contributed by atoms with van der Waals surface area (Å²) >= 11 is 0. The Labute approximate surface area is 153 Å². The van der Waals surface area contributed by atoms with Gasteiger partial charge in [0, 0.05) is 32.2 Å². The Kier molecular flexibility index (Phi) is 5.58. The summed E-state index contributed by atoms with van der Waals surface area (Å²) in [6, 6.07) is 10.8. The molecule has 1 N–H and O–H groups in total. The summed E-state index contributed by atoms with van der Waals surface area (Å²) in [6.07, 6.45) is 0. The van der Waals surface area contributed by atoms with Crippen LogP contribution in [-0.4, -0.2) is 63.2 Å². The summed E-state index contributed by atoms with van der Waals surface area (Å²) < 4.78 is 10.5.